The number of rotatable bonds is 5. The van der Waals surface area contributed by atoms with Crippen LogP contribution in [0.15, 0.2) is 23.6 Å². The standard InChI is InChI=1S/C15H19ClN2S/c1-4-17-14(8-15-18-11(3)9-19-15)12-6-5-10(2)7-13(12)16/h5-7,9,14,17H,4,8H2,1-3H3. The van der Waals surface area contributed by atoms with Gasteiger partial charge in [-0.1, -0.05) is 30.7 Å². The molecule has 0 amide bonds. The fraction of sp³-hybridized carbons (Fsp3) is 0.400. The average Bonchev–Trinajstić information content (AvgIpc) is 2.74. The summed E-state index contributed by atoms with van der Waals surface area (Å²) in [6, 6.07) is 6.47. The van der Waals surface area contributed by atoms with Gasteiger partial charge in [0, 0.05) is 28.6 Å². The van der Waals surface area contributed by atoms with Crippen molar-refractivity contribution in [2.24, 2.45) is 0 Å². The maximum atomic E-state index is 6.37. The Kier molecular flexibility index (Phi) is 4.97. The largest absolute Gasteiger partial charge is 0.310 e. The van der Waals surface area contributed by atoms with Crippen LogP contribution in [-0.2, 0) is 6.42 Å². The van der Waals surface area contributed by atoms with Gasteiger partial charge in [-0.3, -0.25) is 0 Å². The predicted octanol–water partition coefficient (Wildman–Crippen LogP) is 4.31. The number of hydrogen-bond acceptors (Lipinski definition) is 3. The number of hydrogen-bond donors (Lipinski definition) is 1. The fourth-order valence-corrected chi connectivity index (χ4v) is 3.31. The van der Waals surface area contributed by atoms with E-state index in [1.165, 1.54) is 5.56 Å². The second-order valence-electron chi connectivity index (χ2n) is 4.72. The highest BCUT2D eigenvalue weighted by molar-refractivity contribution is 7.09. The minimum atomic E-state index is 0.226. The van der Waals surface area contributed by atoms with Gasteiger partial charge >= 0.3 is 0 Å². The van der Waals surface area contributed by atoms with Crippen LogP contribution in [0.3, 0.4) is 0 Å². The highest BCUT2D eigenvalue weighted by atomic mass is 35.5. The molecule has 1 heterocycles. The zero-order valence-corrected chi connectivity index (χ0v) is 13.1. The molecule has 1 unspecified atom stereocenters. The zero-order valence-electron chi connectivity index (χ0n) is 11.5. The Morgan fingerprint density at radius 3 is 2.74 bits per heavy atom. The molecular formula is C15H19ClN2S. The Morgan fingerprint density at radius 1 is 1.37 bits per heavy atom. The summed E-state index contributed by atoms with van der Waals surface area (Å²) in [6.45, 7) is 7.12. The highest BCUT2D eigenvalue weighted by Crippen LogP contribution is 2.27. The quantitative estimate of drug-likeness (QED) is 0.889. The van der Waals surface area contributed by atoms with Crippen molar-refractivity contribution >= 4 is 22.9 Å². The van der Waals surface area contributed by atoms with Crippen molar-refractivity contribution in [3.8, 4) is 0 Å². The lowest BCUT2D eigenvalue weighted by molar-refractivity contribution is 0.548. The minimum Gasteiger partial charge on any atom is -0.310 e. The van der Waals surface area contributed by atoms with Crippen LogP contribution < -0.4 is 5.32 Å². The Hall–Kier alpha value is -0.900. The van der Waals surface area contributed by atoms with Gasteiger partial charge in [-0.05, 0) is 37.6 Å². The van der Waals surface area contributed by atoms with Crippen LogP contribution in [-0.4, -0.2) is 11.5 Å². The van der Waals surface area contributed by atoms with E-state index in [2.05, 4.69) is 41.7 Å². The second-order valence-corrected chi connectivity index (χ2v) is 6.07. The molecule has 0 saturated carbocycles. The highest BCUT2D eigenvalue weighted by Gasteiger charge is 2.16. The van der Waals surface area contributed by atoms with Crippen molar-refractivity contribution in [1.29, 1.82) is 0 Å². The van der Waals surface area contributed by atoms with E-state index < -0.39 is 0 Å². The van der Waals surface area contributed by atoms with E-state index in [4.69, 9.17) is 11.6 Å². The Balaban J connectivity index is 2.23. The number of nitrogens with one attached hydrogen (secondary N) is 1. The molecular weight excluding hydrogens is 276 g/mol. The predicted molar refractivity (Wildman–Crippen MR) is 83.2 cm³/mol. The number of aryl methyl sites for hydroxylation is 2. The zero-order chi connectivity index (χ0) is 13.8. The SMILES string of the molecule is CCNC(Cc1nc(C)cs1)c1ccc(C)cc1Cl. The average molecular weight is 295 g/mol. The topological polar surface area (TPSA) is 24.9 Å². The van der Waals surface area contributed by atoms with Crippen LogP contribution >= 0.6 is 22.9 Å². The van der Waals surface area contributed by atoms with Crippen LogP contribution in [0, 0.1) is 13.8 Å². The molecule has 0 fully saturated rings. The van der Waals surface area contributed by atoms with Crippen molar-refractivity contribution in [2.45, 2.75) is 33.2 Å². The number of benzene rings is 1. The summed E-state index contributed by atoms with van der Waals surface area (Å²) in [5.74, 6) is 0. The molecule has 4 heteroatoms. The molecule has 0 bridgehead atoms. The van der Waals surface area contributed by atoms with Gasteiger partial charge in [0.2, 0.25) is 0 Å². The van der Waals surface area contributed by atoms with Crippen molar-refractivity contribution in [1.82, 2.24) is 10.3 Å². The van der Waals surface area contributed by atoms with E-state index >= 15 is 0 Å². The molecule has 1 N–H and O–H groups in total. The first-order valence-corrected chi connectivity index (χ1v) is 7.76. The normalized spacial score (nSPS) is 12.6. The van der Waals surface area contributed by atoms with E-state index in [0.717, 1.165) is 34.3 Å². The summed E-state index contributed by atoms with van der Waals surface area (Å²) in [4.78, 5) is 4.54. The lowest BCUT2D eigenvalue weighted by atomic mass is 10.0. The van der Waals surface area contributed by atoms with E-state index in [9.17, 15) is 0 Å². The molecule has 0 aliphatic rings. The van der Waals surface area contributed by atoms with E-state index in [1.807, 2.05) is 13.0 Å². The Bertz CT molecular complexity index is 551. The third-order valence-corrected chi connectivity index (χ3v) is 4.34. The number of nitrogens with zero attached hydrogens (tertiary/aromatic N) is 1. The summed E-state index contributed by atoms with van der Waals surface area (Å²) in [6.07, 6.45) is 0.884. The Morgan fingerprint density at radius 2 is 2.16 bits per heavy atom. The monoisotopic (exact) mass is 294 g/mol. The third-order valence-electron chi connectivity index (χ3n) is 3.03. The Labute approximate surface area is 123 Å². The van der Waals surface area contributed by atoms with Crippen LogP contribution in [0.2, 0.25) is 5.02 Å². The summed E-state index contributed by atoms with van der Waals surface area (Å²) in [5.41, 5.74) is 3.43. The molecule has 2 rings (SSSR count). The van der Waals surface area contributed by atoms with Gasteiger partial charge in [0.25, 0.3) is 0 Å². The van der Waals surface area contributed by atoms with E-state index in [0.29, 0.717) is 0 Å². The van der Waals surface area contributed by atoms with Crippen LogP contribution in [0.1, 0.15) is 34.8 Å². The maximum Gasteiger partial charge on any atom is 0.0947 e. The molecule has 102 valence electrons. The van der Waals surface area contributed by atoms with Gasteiger partial charge in [-0.15, -0.1) is 11.3 Å². The molecule has 1 atom stereocenters. The van der Waals surface area contributed by atoms with E-state index in [-0.39, 0.29) is 6.04 Å². The molecule has 2 aromatic rings. The van der Waals surface area contributed by atoms with Crippen LogP contribution in [0.4, 0.5) is 0 Å². The molecule has 1 aromatic heterocycles. The summed E-state index contributed by atoms with van der Waals surface area (Å²) < 4.78 is 0. The first-order valence-electron chi connectivity index (χ1n) is 6.50. The van der Waals surface area contributed by atoms with Gasteiger partial charge < -0.3 is 5.32 Å². The number of thiazole rings is 1. The second kappa shape index (κ2) is 6.51. The van der Waals surface area contributed by atoms with Gasteiger partial charge in [0.05, 0.1) is 5.01 Å². The fourth-order valence-electron chi connectivity index (χ4n) is 2.12. The molecule has 0 saturated heterocycles. The van der Waals surface area contributed by atoms with Gasteiger partial charge in [-0.25, -0.2) is 4.98 Å². The molecule has 0 aliphatic carbocycles. The molecule has 0 aliphatic heterocycles. The third kappa shape index (κ3) is 3.78. The molecule has 0 spiro atoms. The van der Waals surface area contributed by atoms with Crippen molar-refractivity contribution in [3.05, 3.63) is 50.4 Å². The molecule has 2 nitrogen and oxygen atoms in total. The van der Waals surface area contributed by atoms with Crippen molar-refractivity contribution < 1.29 is 0 Å². The number of likely N-dealkylation sites (N-methyl/N-ethyl adjacent to an activating group) is 1. The summed E-state index contributed by atoms with van der Waals surface area (Å²) in [5, 5.41) is 7.58. The number of aromatic nitrogens is 1. The van der Waals surface area contributed by atoms with Gasteiger partial charge in [0.1, 0.15) is 0 Å². The van der Waals surface area contributed by atoms with E-state index in [1.54, 1.807) is 11.3 Å². The molecule has 19 heavy (non-hydrogen) atoms. The first kappa shape index (κ1) is 14.5. The van der Waals surface area contributed by atoms with Crippen molar-refractivity contribution in [2.75, 3.05) is 6.54 Å². The van der Waals surface area contributed by atoms with Crippen LogP contribution in [0.5, 0.6) is 0 Å². The van der Waals surface area contributed by atoms with Gasteiger partial charge in [0.15, 0.2) is 0 Å². The smallest absolute Gasteiger partial charge is 0.0947 e. The lowest BCUT2D eigenvalue weighted by Crippen LogP contribution is -2.23. The van der Waals surface area contributed by atoms with Gasteiger partial charge in [-0.2, -0.15) is 0 Å². The number of halogens is 1. The summed E-state index contributed by atoms with van der Waals surface area (Å²) >= 11 is 8.09. The van der Waals surface area contributed by atoms with Crippen molar-refractivity contribution in [3.63, 3.8) is 0 Å². The molecule has 1 aromatic carbocycles. The van der Waals surface area contributed by atoms with Crippen LogP contribution in [0.25, 0.3) is 0 Å². The summed E-state index contributed by atoms with van der Waals surface area (Å²) in [7, 11) is 0. The first-order chi connectivity index (χ1) is 9.10. The maximum absolute atomic E-state index is 6.37. The lowest BCUT2D eigenvalue weighted by Gasteiger charge is -2.19. The molecule has 0 radical (unpaired) electrons. The minimum absolute atomic E-state index is 0.226.